The first-order chi connectivity index (χ1) is 16.7. The summed E-state index contributed by atoms with van der Waals surface area (Å²) in [7, 11) is 0. The Bertz CT molecular complexity index is 1370. The maximum atomic E-state index is 13.0. The van der Waals surface area contributed by atoms with Gasteiger partial charge in [0.15, 0.2) is 5.82 Å². The van der Waals surface area contributed by atoms with Crippen LogP contribution in [0.2, 0.25) is 0 Å². The van der Waals surface area contributed by atoms with Gasteiger partial charge in [-0.15, -0.1) is 10.2 Å². The molecule has 1 amide bonds. The number of pyridine rings is 3. The second-order valence-electron chi connectivity index (χ2n) is 8.76. The Kier molecular flexibility index (Phi) is 5.01. The Morgan fingerprint density at radius 3 is 2.88 bits per heavy atom. The van der Waals surface area contributed by atoms with E-state index in [1.807, 2.05) is 42.6 Å². The van der Waals surface area contributed by atoms with Gasteiger partial charge in [0.2, 0.25) is 0 Å². The zero-order valence-corrected chi connectivity index (χ0v) is 18.8. The van der Waals surface area contributed by atoms with Crippen LogP contribution in [0.1, 0.15) is 46.8 Å². The number of fused-ring (bicyclic) bond motifs is 2. The molecule has 0 aliphatic carbocycles. The number of hydrogen-bond donors (Lipinski definition) is 1. The normalized spacial score (nSPS) is 16.7. The van der Waals surface area contributed by atoms with Crippen molar-refractivity contribution in [1.29, 1.82) is 0 Å². The maximum Gasteiger partial charge on any atom is 0.275 e. The summed E-state index contributed by atoms with van der Waals surface area (Å²) < 4.78 is 2.13. The number of amides is 1. The van der Waals surface area contributed by atoms with Gasteiger partial charge < -0.3 is 14.8 Å². The van der Waals surface area contributed by atoms with E-state index in [1.54, 1.807) is 12.3 Å². The third kappa shape index (κ3) is 3.68. The van der Waals surface area contributed by atoms with E-state index in [4.69, 9.17) is 0 Å². The Hall–Kier alpha value is -4.14. The van der Waals surface area contributed by atoms with Crippen molar-refractivity contribution in [2.75, 3.05) is 16.8 Å². The van der Waals surface area contributed by atoms with Crippen LogP contribution in [0.15, 0.2) is 54.9 Å². The first kappa shape index (κ1) is 20.5. The van der Waals surface area contributed by atoms with E-state index in [-0.39, 0.29) is 5.91 Å². The Morgan fingerprint density at radius 2 is 2.00 bits per heavy atom. The molecule has 0 unspecified atom stereocenters. The fourth-order valence-corrected chi connectivity index (χ4v) is 4.71. The molecule has 0 saturated heterocycles. The van der Waals surface area contributed by atoms with Crippen molar-refractivity contribution >= 4 is 17.5 Å². The predicted molar refractivity (Wildman–Crippen MR) is 127 cm³/mol. The number of carbonyl (C=O) groups excluding carboxylic acids is 1. The average molecular weight is 453 g/mol. The summed E-state index contributed by atoms with van der Waals surface area (Å²) in [5.74, 6) is 2.82. The minimum atomic E-state index is -0.290. The van der Waals surface area contributed by atoms with Crippen LogP contribution in [0.3, 0.4) is 0 Å². The van der Waals surface area contributed by atoms with Gasteiger partial charge in [-0.05, 0) is 61.2 Å². The summed E-state index contributed by atoms with van der Waals surface area (Å²) in [6, 6.07) is 13.6. The molecule has 0 saturated carbocycles. The lowest BCUT2D eigenvalue weighted by Gasteiger charge is -2.29. The van der Waals surface area contributed by atoms with E-state index in [1.165, 1.54) is 5.56 Å². The van der Waals surface area contributed by atoms with Gasteiger partial charge in [0, 0.05) is 37.9 Å². The summed E-state index contributed by atoms with van der Waals surface area (Å²) in [5, 5.41) is 11.5. The standard InChI is InChI=1S/C25H24N8O/c1-16-8-9-23-30-31-24(33(16)23)19-5-4-6-21(28-19)29-25(34)20-13-18-15-32(12-10-17(18)14-27-20)22-7-2-3-11-26-22/h2-7,11,13-14,16H,8-10,12,15H2,1H3,(H,28,29,34)/t16-/m1/s1. The molecule has 4 aromatic heterocycles. The summed E-state index contributed by atoms with van der Waals surface area (Å²) in [5.41, 5.74) is 3.31. The second kappa shape index (κ2) is 8.33. The molecule has 0 fully saturated rings. The smallest absolute Gasteiger partial charge is 0.275 e. The van der Waals surface area contributed by atoms with E-state index in [2.05, 4.69) is 46.9 Å². The molecular formula is C25H24N8O. The lowest BCUT2D eigenvalue weighted by molar-refractivity contribution is 0.102. The van der Waals surface area contributed by atoms with Crippen LogP contribution in [0.25, 0.3) is 11.5 Å². The zero-order valence-electron chi connectivity index (χ0n) is 18.8. The molecule has 0 aromatic carbocycles. The van der Waals surface area contributed by atoms with E-state index in [0.29, 0.717) is 29.8 Å². The third-order valence-corrected chi connectivity index (χ3v) is 6.51. The lowest BCUT2D eigenvalue weighted by Crippen LogP contribution is -2.31. The molecule has 4 aromatic rings. The molecule has 1 N–H and O–H groups in total. The molecule has 6 heterocycles. The highest BCUT2D eigenvalue weighted by atomic mass is 16.1. The summed E-state index contributed by atoms with van der Waals surface area (Å²) >= 11 is 0. The highest BCUT2D eigenvalue weighted by molar-refractivity contribution is 6.02. The predicted octanol–water partition coefficient (Wildman–Crippen LogP) is 3.45. The Balaban J connectivity index is 1.22. The van der Waals surface area contributed by atoms with Crippen LogP contribution in [0.4, 0.5) is 11.6 Å². The number of rotatable bonds is 4. The molecule has 1 atom stereocenters. The molecule has 2 aliphatic heterocycles. The first-order valence-electron chi connectivity index (χ1n) is 11.5. The van der Waals surface area contributed by atoms with Crippen LogP contribution < -0.4 is 10.2 Å². The zero-order chi connectivity index (χ0) is 23.1. The lowest BCUT2D eigenvalue weighted by atomic mass is 10.0. The highest BCUT2D eigenvalue weighted by Gasteiger charge is 2.25. The van der Waals surface area contributed by atoms with Gasteiger partial charge in [-0.3, -0.25) is 9.78 Å². The second-order valence-corrected chi connectivity index (χ2v) is 8.76. The quantitative estimate of drug-likeness (QED) is 0.506. The monoisotopic (exact) mass is 452 g/mol. The van der Waals surface area contributed by atoms with Crippen LogP contribution in [-0.4, -0.2) is 42.2 Å². The van der Waals surface area contributed by atoms with E-state index in [9.17, 15) is 4.79 Å². The number of anilines is 2. The number of hydrogen-bond acceptors (Lipinski definition) is 7. The SMILES string of the molecule is C[C@@H]1CCc2nnc(-c3cccc(NC(=O)c4cc5c(cn4)CCN(c4ccccn4)C5)n3)n21. The van der Waals surface area contributed by atoms with Gasteiger partial charge in [0.05, 0.1) is 0 Å². The van der Waals surface area contributed by atoms with Crippen molar-refractivity contribution in [2.45, 2.75) is 38.8 Å². The van der Waals surface area contributed by atoms with Crippen molar-refractivity contribution in [2.24, 2.45) is 0 Å². The van der Waals surface area contributed by atoms with Gasteiger partial charge in [-0.25, -0.2) is 9.97 Å². The first-order valence-corrected chi connectivity index (χ1v) is 11.5. The van der Waals surface area contributed by atoms with Crippen LogP contribution >= 0.6 is 0 Å². The van der Waals surface area contributed by atoms with Crippen LogP contribution in [0, 0.1) is 0 Å². The van der Waals surface area contributed by atoms with Crippen molar-refractivity contribution in [3.63, 3.8) is 0 Å². The van der Waals surface area contributed by atoms with E-state index >= 15 is 0 Å². The largest absolute Gasteiger partial charge is 0.352 e. The number of aryl methyl sites for hydroxylation is 1. The van der Waals surface area contributed by atoms with Crippen molar-refractivity contribution < 1.29 is 4.79 Å². The molecule has 0 radical (unpaired) electrons. The fourth-order valence-electron chi connectivity index (χ4n) is 4.71. The van der Waals surface area contributed by atoms with Gasteiger partial charge >= 0.3 is 0 Å². The minimum absolute atomic E-state index is 0.290. The molecule has 9 nitrogen and oxygen atoms in total. The Morgan fingerprint density at radius 1 is 1.06 bits per heavy atom. The summed E-state index contributed by atoms with van der Waals surface area (Å²) in [4.78, 5) is 28.7. The van der Waals surface area contributed by atoms with E-state index in [0.717, 1.165) is 48.8 Å². The van der Waals surface area contributed by atoms with Crippen molar-refractivity contribution in [3.8, 4) is 11.5 Å². The maximum absolute atomic E-state index is 13.0. The number of nitrogens with one attached hydrogen (secondary N) is 1. The fraction of sp³-hybridized carbons (Fsp3) is 0.280. The topological polar surface area (TPSA) is 102 Å². The molecule has 2 aliphatic rings. The van der Waals surface area contributed by atoms with Crippen LogP contribution in [-0.2, 0) is 19.4 Å². The third-order valence-electron chi connectivity index (χ3n) is 6.51. The summed E-state index contributed by atoms with van der Waals surface area (Å²) in [6.45, 7) is 3.73. The summed E-state index contributed by atoms with van der Waals surface area (Å²) in [6.07, 6.45) is 6.45. The average Bonchev–Trinajstić information content (AvgIpc) is 3.47. The van der Waals surface area contributed by atoms with Gasteiger partial charge in [0.25, 0.3) is 5.91 Å². The highest BCUT2D eigenvalue weighted by Crippen LogP contribution is 2.30. The number of carbonyl (C=O) groups is 1. The van der Waals surface area contributed by atoms with Crippen molar-refractivity contribution in [3.05, 3.63) is 77.5 Å². The number of aromatic nitrogens is 6. The van der Waals surface area contributed by atoms with E-state index < -0.39 is 0 Å². The molecule has 34 heavy (non-hydrogen) atoms. The molecule has 0 bridgehead atoms. The molecule has 6 rings (SSSR count). The molecule has 9 heteroatoms. The van der Waals surface area contributed by atoms with Gasteiger partial charge in [0.1, 0.15) is 28.8 Å². The minimum Gasteiger partial charge on any atom is -0.352 e. The molecular weight excluding hydrogens is 428 g/mol. The molecule has 0 spiro atoms. The van der Waals surface area contributed by atoms with Gasteiger partial charge in [-0.2, -0.15) is 0 Å². The molecule has 170 valence electrons. The van der Waals surface area contributed by atoms with Gasteiger partial charge in [-0.1, -0.05) is 12.1 Å². The van der Waals surface area contributed by atoms with Crippen LogP contribution in [0.5, 0.6) is 0 Å². The number of nitrogens with zero attached hydrogens (tertiary/aromatic N) is 7. The van der Waals surface area contributed by atoms with Crippen molar-refractivity contribution in [1.82, 2.24) is 29.7 Å². The Labute approximate surface area is 196 Å².